The summed E-state index contributed by atoms with van der Waals surface area (Å²) >= 11 is 0. The van der Waals surface area contributed by atoms with Gasteiger partial charge in [0, 0.05) is 26.1 Å². The summed E-state index contributed by atoms with van der Waals surface area (Å²) in [5.74, 6) is 6.87. The van der Waals surface area contributed by atoms with E-state index in [0.29, 0.717) is 19.1 Å². The molecule has 19 heavy (non-hydrogen) atoms. The van der Waals surface area contributed by atoms with E-state index in [4.69, 9.17) is 10.6 Å². The van der Waals surface area contributed by atoms with Crippen LogP contribution >= 0.6 is 0 Å². The van der Waals surface area contributed by atoms with E-state index in [9.17, 15) is 0 Å². The fraction of sp³-hybridized carbons (Fsp3) is 0.500. The number of rotatable bonds is 4. The van der Waals surface area contributed by atoms with Crippen LogP contribution in [-0.2, 0) is 4.74 Å². The third-order valence-corrected chi connectivity index (χ3v) is 3.44. The molecule has 1 heterocycles. The van der Waals surface area contributed by atoms with E-state index in [1.54, 1.807) is 7.11 Å². The molecule has 3 N–H and O–H groups in total. The zero-order valence-electron chi connectivity index (χ0n) is 11.4. The minimum atomic E-state index is 0.558. The number of methoxy groups -OCH3 is 1. The Kier molecular flexibility index (Phi) is 5.18. The Morgan fingerprint density at radius 2 is 2.26 bits per heavy atom. The summed E-state index contributed by atoms with van der Waals surface area (Å²) in [4.78, 5) is 6.63. The van der Waals surface area contributed by atoms with Gasteiger partial charge < -0.3 is 9.64 Å². The lowest BCUT2D eigenvalue weighted by atomic mass is 9.99. The number of aliphatic imine (C=N–C) groups is 1. The van der Waals surface area contributed by atoms with Gasteiger partial charge in [0.25, 0.3) is 0 Å². The quantitative estimate of drug-likeness (QED) is 0.279. The number of benzene rings is 1. The SMILES string of the molecule is COCCN=C(NN)N1CCC(c2ccccc2)C1. The van der Waals surface area contributed by atoms with Crippen molar-refractivity contribution in [3.63, 3.8) is 0 Å². The Balaban J connectivity index is 1.95. The molecular weight excluding hydrogens is 240 g/mol. The highest BCUT2D eigenvalue weighted by Gasteiger charge is 2.25. The molecule has 1 aliphatic heterocycles. The van der Waals surface area contributed by atoms with Crippen LogP contribution in [0.3, 0.4) is 0 Å². The van der Waals surface area contributed by atoms with Crippen molar-refractivity contribution in [3.8, 4) is 0 Å². The molecule has 2 rings (SSSR count). The fourth-order valence-corrected chi connectivity index (χ4v) is 2.43. The molecule has 1 atom stereocenters. The molecule has 0 amide bonds. The normalized spacial score (nSPS) is 19.8. The van der Waals surface area contributed by atoms with Crippen molar-refractivity contribution >= 4 is 5.96 Å². The molecule has 0 radical (unpaired) electrons. The maximum Gasteiger partial charge on any atom is 0.208 e. The lowest BCUT2D eigenvalue weighted by molar-refractivity contribution is 0.207. The number of nitrogens with one attached hydrogen (secondary N) is 1. The molecule has 0 saturated carbocycles. The number of likely N-dealkylation sites (tertiary alicyclic amines) is 1. The van der Waals surface area contributed by atoms with Crippen LogP contribution in [0, 0.1) is 0 Å². The van der Waals surface area contributed by atoms with Crippen molar-refractivity contribution in [2.75, 3.05) is 33.4 Å². The highest BCUT2D eigenvalue weighted by molar-refractivity contribution is 5.79. The summed E-state index contributed by atoms with van der Waals surface area (Å²) in [7, 11) is 1.67. The van der Waals surface area contributed by atoms with Crippen molar-refractivity contribution < 1.29 is 4.74 Å². The van der Waals surface area contributed by atoms with Gasteiger partial charge >= 0.3 is 0 Å². The first kappa shape index (κ1) is 13.8. The first-order chi connectivity index (χ1) is 9.35. The minimum Gasteiger partial charge on any atom is -0.383 e. The molecule has 104 valence electrons. The molecule has 0 spiro atoms. The molecule has 5 nitrogen and oxygen atoms in total. The van der Waals surface area contributed by atoms with Crippen LogP contribution < -0.4 is 11.3 Å². The number of nitrogens with two attached hydrogens (primary N) is 1. The highest BCUT2D eigenvalue weighted by atomic mass is 16.5. The van der Waals surface area contributed by atoms with E-state index in [1.165, 1.54) is 5.56 Å². The topological polar surface area (TPSA) is 62.9 Å². The first-order valence-electron chi connectivity index (χ1n) is 6.65. The molecule has 0 aromatic heterocycles. The van der Waals surface area contributed by atoms with Crippen LogP contribution in [0.15, 0.2) is 35.3 Å². The second kappa shape index (κ2) is 7.11. The smallest absolute Gasteiger partial charge is 0.208 e. The number of ether oxygens (including phenoxy) is 1. The van der Waals surface area contributed by atoms with Crippen molar-refractivity contribution in [2.45, 2.75) is 12.3 Å². The molecule has 1 aromatic rings. The average molecular weight is 262 g/mol. The van der Waals surface area contributed by atoms with Gasteiger partial charge in [-0.05, 0) is 12.0 Å². The second-order valence-electron chi connectivity index (χ2n) is 4.68. The molecule has 1 unspecified atom stereocenters. The molecule has 0 aliphatic carbocycles. The molecule has 1 saturated heterocycles. The fourth-order valence-electron chi connectivity index (χ4n) is 2.43. The van der Waals surface area contributed by atoms with Crippen molar-refractivity contribution in [3.05, 3.63) is 35.9 Å². The van der Waals surface area contributed by atoms with Gasteiger partial charge in [0.1, 0.15) is 0 Å². The molecule has 1 aliphatic rings. The number of guanidine groups is 1. The van der Waals surface area contributed by atoms with Crippen LogP contribution in [0.4, 0.5) is 0 Å². The lowest BCUT2D eigenvalue weighted by Crippen LogP contribution is -2.43. The molecule has 5 heteroatoms. The van der Waals surface area contributed by atoms with Crippen LogP contribution in [-0.4, -0.2) is 44.2 Å². The van der Waals surface area contributed by atoms with Gasteiger partial charge in [0.05, 0.1) is 13.2 Å². The molecule has 1 fully saturated rings. The summed E-state index contributed by atoms with van der Waals surface area (Å²) in [6, 6.07) is 10.6. The standard InChI is InChI=1S/C14H22N4O/c1-19-10-8-16-14(17-15)18-9-7-13(11-18)12-5-3-2-4-6-12/h2-6,13H,7-11,15H2,1H3,(H,16,17). The minimum absolute atomic E-state index is 0.558. The summed E-state index contributed by atoms with van der Waals surface area (Å²) < 4.78 is 5.00. The van der Waals surface area contributed by atoms with Crippen LogP contribution in [0.5, 0.6) is 0 Å². The Labute approximate surface area is 114 Å². The molecule has 1 aromatic carbocycles. The predicted molar refractivity (Wildman–Crippen MR) is 76.9 cm³/mol. The van der Waals surface area contributed by atoms with Gasteiger partial charge in [0.2, 0.25) is 5.96 Å². The largest absolute Gasteiger partial charge is 0.383 e. The van der Waals surface area contributed by atoms with Crippen molar-refractivity contribution in [2.24, 2.45) is 10.8 Å². The Morgan fingerprint density at radius 3 is 2.95 bits per heavy atom. The number of hydrogen-bond acceptors (Lipinski definition) is 3. The van der Waals surface area contributed by atoms with Gasteiger partial charge in [-0.1, -0.05) is 30.3 Å². The second-order valence-corrected chi connectivity index (χ2v) is 4.68. The van der Waals surface area contributed by atoms with E-state index < -0.39 is 0 Å². The highest BCUT2D eigenvalue weighted by Crippen LogP contribution is 2.26. The Morgan fingerprint density at radius 1 is 1.47 bits per heavy atom. The average Bonchev–Trinajstić information content (AvgIpc) is 2.94. The number of hydrazine groups is 1. The van der Waals surface area contributed by atoms with Gasteiger partial charge in [-0.3, -0.25) is 5.43 Å². The Hall–Kier alpha value is -1.59. The monoisotopic (exact) mass is 262 g/mol. The maximum absolute atomic E-state index is 5.56. The zero-order valence-corrected chi connectivity index (χ0v) is 11.4. The van der Waals surface area contributed by atoms with Crippen LogP contribution in [0.2, 0.25) is 0 Å². The summed E-state index contributed by atoms with van der Waals surface area (Å²) in [6.45, 7) is 3.18. The third kappa shape index (κ3) is 3.68. The summed E-state index contributed by atoms with van der Waals surface area (Å²) in [6.07, 6.45) is 1.13. The molecule has 0 bridgehead atoms. The predicted octanol–water partition coefficient (Wildman–Crippen LogP) is 0.942. The van der Waals surface area contributed by atoms with Gasteiger partial charge in [-0.15, -0.1) is 0 Å². The van der Waals surface area contributed by atoms with Gasteiger partial charge in [-0.25, -0.2) is 10.8 Å². The van der Waals surface area contributed by atoms with E-state index in [2.05, 4.69) is 45.6 Å². The van der Waals surface area contributed by atoms with Gasteiger partial charge in [-0.2, -0.15) is 0 Å². The third-order valence-electron chi connectivity index (χ3n) is 3.44. The number of nitrogens with zero attached hydrogens (tertiary/aromatic N) is 2. The Bertz CT molecular complexity index is 407. The van der Waals surface area contributed by atoms with E-state index in [-0.39, 0.29) is 0 Å². The zero-order chi connectivity index (χ0) is 13.5. The molecular formula is C14H22N4O. The summed E-state index contributed by atoms with van der Waals surface area (Å²) in [5.41, 5.74) is 4.08. The van der Waals surface area contributed by atoms with E-state index in [1.807, 2.05) is 0 Å². The number of hydrogen-bond donors (Lipinski definition) is 2. The lowest BCUT2D eigenvalue weighted by Gasteiger charge is -2.20. The van der Waals surface area contributed by atoms with Gasteiger partial charge in [0.15, 0.2) is 0 Å². The summed E-state index contributed by atoms with van der Waals surface area (Å²) in [5, 5.41) is 0. The first-order valence-corrected chi connectivity index (χ1v) is 6.65. The van der Waals surface area contributed by atoms with Crippen LogP contribution in [0.1, 0.15) is 17.9 Å². The van der Waals surface area contributed by atoms with Crippen LogP contribution in [0.25, 0.3) is 0 Å². The van der Waals surface area contributed by atoms with E-state index >= 15 is 0 Å². The maximum atomic E-state index is 5.56. The van der Waals surface area contributed by atoms with Crippen molar-refractivity contribution in [1.82, 2.24) is 10.3 Å². The van der Waals surface area contributed by atoms with E-state index in [0.717, 1.165) is 25.5 Å². The van der Waals surface area contributed by atoms with Crippen molar-refractivity contribution in [1.29, 1.82) is 0 Å².